The molecule has 1 aliphatic rings. The minimum absolute atomic E-state index is 0.288. The van der Waals surface area contributed by atoms with Crippen molar-refractivity contribution in [3.05, 3.63) is 38.6 Å². The third-order valence-corrected chi connectivity index (χ3v) is 3.29. The van der Waals surface area contributed by atoms with Crippen LogP contribution < -0.4 is 11.0 Å². The third-order valence-electron chi connectivity index (χ3n) is 3.29. The van der Waals surface area contributed by atoms with Gasteiger partial charge >= 0.3 is 0 Å². The van der Waals surface area contributed by atoms with Crippen LogP contribution in [0.25, 0.3) is 10.4 Å². The zero-order chi connectivity index (χ0) is 14.7. The van der Waals surface area contributed by atoms with E-state index in [1.165, 1.54) is 10.6 Å². The van der Waals surface area contributed by atoms with Crippen molar-refractivity contribution in [2.45, 2.75) is 31.7 Å². The second kappa shape index (κ2) is 5.93. The molecule has 1 aliphatic heterocycles. The Balaban J connectivity index is 2.31. The summed E-state index contributed by atoms with van der Waals surface area (Å²) in [6.45, 7) is 1.43. The Morgan fingerprint density at radius 1 is 1.70 bits per heavy atom. The number of anilines is 1. The molecular formula is C11H15N5O4. The zero-order valence-corrected chi connectivity index (χ0v) is 10.8. The topological polar surface area (TPSA) is 132 Å². The van der Waals surface area contributed by atoms with Crippen LogP contribution in [0.5, 0.6) is 0 Å². The van der Waals surface area contributed by atoms with Crippen LogP contribution in [0.4, 0.5) is 5.69 Å². The Morgan fingerprint density at radius 2 is 2.45 bits per heavy atom. The summed E-state index contributed by atoms with van der Waals surface area (Å²) in [4.78, 5) is 14.7. The number of nitrogens with one attached hydrogen (secondary N) is 1. The molecule has 9 heteroatoms. The molecule has 0 aromatic carbocycles. The predicted molar refractivity (Wildman–Crippen MR) is 69.4 cm³/mol. The first-order chi connectivity index (χ1) is 9.60. The largest absolute Gasteiger partial charge is 0.394 e. The van der Waals surface area contributed by atoms with E-state index in [1.807, 2.05) is 5.48 Å². The first-order valence-electron chi connectivity index (χ1n) is 6.04. The van der Waals surface area contributed by atoms with Crippen LogP contribution in [-0.4, -0.2) is 33.6 Å². The number of pyridine rings is 1. The van der Waals surface area contributed by atoms with Gasteiger partial charge < -0.3 is 9.84 Å². The maximum Gasteiger partial charge on any atom is 0.254 e. The molecule has 9 nitrogen and oxygen atoms in total. The van der Waals surface area contributed by atoms with Crippen molar-refractivity contribution < 1.29 is 15.1 Å². The minimum Gasteiger partial charge on any atom is -0.394 e. The number of hydrogen-bond donors (Lipinski definition) is 3. The maximum absolute atomic E-state index is 12.0. The highest BCUT2D eigenvalue weighted by atomic mass is 16.5. The second-order valence-corrected chi connectivity index (χ2v) is 4.55. The van der Waals surface area contributed by atoms with E-state index in [0.29, 0.717) is 17.7 Å². The van der Waals surface area contributed by atoms with E-state index < -0.39 is 18.4 Å². The average molecular weight is 281 g/mol. The molecule has 0 bridgehead atoms. The Morgan fingerprint density at radius 3 is 3.05 bits per heavy atom. The van der Waals surface area contributed by atoms with Gasteiger partial charge in [0.2, 0.25) is 0 Å². The first-order valence-corrected chi connectivity index (χ1v) is 6.04. The van der Waals surface area contributed by atoms with Crippen LogP contribution in [0.15, 0.2) is 22.2 Å². The van der Waals surface area contributed by atoms with Gasteiger partial charge in [-0.2, -0.15) is 0 Å². The average Bonchev–Trinajstić information content (AvgIpc) is 2.84. The lowest BCUT2D eigenvalue weighted by Crippen LogP contribution is -2.26. The van der Waals surface area contributed by atoms with Crippen molar-refractivity contribution in [2.75, 3.05) is 12.1 Å². The van der Waals surface area contributed by atoms with Crippen LogP contribution in [0.2, 0.25) is 0 Å². The molecule has 0 saturated carbocycles. The molecule has 0 amide bonds. The Hall–Kier alpha value is -2.06. The van der Waals surface area contributed by atoms with E-state index in [-0.39, 0.29) is 12.2 Å². The van der Waals surface area contributed by atoms with Gasteiger partial charge in [-0.25, -0.2) is 0 Å². The van der Waals surface area contributed by atoms with E-state index >= 15 is 0 Å². The van der Waals surface area contributed by atoms with E-state index in [9.17, 15) is 9.90 Å². The molecule has 108 valence electrons. The van der Waals surface area contributed by atoms with Crippen molar-refractivity contribution in [3.63, 3.8) is 0 Å². The lowest BCUT2D eigenvalue weighted by Gasteiger charge is -2.16. The Bertz CT molecular complexity index is 595. The first kappa shape index (κ1) is 14.4. The highest BCUT2D eigenvalue weighted by Gasteiger charge is 2.35. The van der Waals surface area contributed by atoms with E-state index in [2.05, 4.69) is 10.0 Å². The van der Waals surface area contributed by atoms with Crippen molar-refractivity contribution >= 4 is 5.69 Å². The van der Waals surface area contributed by atoms with Gasteiger partial charge in [0.05, 0.1) is 24.4 Å². The highest BCUT2D eigenvalue weighted by molar-refractivity contribution is 5.46. The quantitative estimate of drug-likeness (QED) is 0.326. The van der Waals surface area contributed by atoms with Gasteiger partial charge in [-0.15, -0.1) is 0 Å². The minimum atomic E-state index is -0.626. The monoisotopic (exact) mass is 281 g/mol. The number of aromatic nitrogens is 1. The normalized spacial score (nSPS) is 25.2. The number of aliphatic hydroxyl groups is 1. The Kier molecular flexibility index (Phi) is 4.26. The van der Waals surface area contributed by atoms with Crippen LogP contribution in [0, 0.1) is 6.92 Å². The van der Waals surface area contributed by atoms with Crippen molar-refractivity contribution in [1.29, 1.82) is 0 Å². The lowest BCUT2D eigenvalue weighted by atomic mass is 10.1. The molecule has 20 heavy (non-hydrogen) atoms. The number of aryl methyl sites for hydroxylation is 1. The number of nitrogens with zero attached hydrogens (tertiary/aromatic N) is 4. The van der Waals surface area contributed by atoms with Gasteiger partial charge in [0, 0.05) is 23.6 Å². The molecule has 0 aliphatic carbocycles. The van der Waals surface area contributed by atoms with Crippen LogP contribution in [-0.2, 0) is 4.74 Å². The summed E-state index contributed by atoms with van der Waals surface area (Å²) in [5.41, 5.74) is 11.0. The lowest BCUT2D eigenvalue weighted by molar-refractivity contribution is -0.0265. The molecule has 1 aromatic heterocycles. The summed E-state index contributed by atoms with van der Waals surface area (Å²) >= 11 is 0. The van der Waals surface area contributed by atoms with Crippen LogP contribution in [0.3, 0.4) is 0 Å². The summed E-state index contributed by atoms with van der Waals surface area (Å²) in [6.07, 6.45) is 0.610. The van der Waals surface area contributed by atoms with Crippen LogP contribution in [0.1, 0.15) is 18.2 Å². The molecule has 1 aromatic rings. The molecule has 1 fully saturated rings. The van der Waals surface area contributed by atoms with E-state index in [4.69, 9.17) is 15.5 Å². The Labute approximate surface area is 114 Å². The molecule has 0 unspecified atom stereocenters. The number of hydrogen-bond acceptors (Lipinski definition) is 6. The summed E-state index contributed by atoms with van der Waals surface area (Å²) in [6, 6.07) is 0.728. The number of aliphatic hydroxyl groups excluding tert-OH is 1. The molecule has 0 spiro atoms. The third kappa shape index (κ3) is 2.61. The SMILES string of the molecule is Cc1cn([C@@H]2C[C@@H](N=[N+]=[N-])[C@H](CO)O2)c(=O)cc1NO. The molecule has 3 atom stereocenters. The molecule has 0 radical (unpaired) electrons. The predicted octanol–water partition coefficient (Wildman–Crippen LogP) is 0.917. The molecule has 1 saturated heterocycles. The van der Waals surface area contributed by atoms with Gasteiger partial charge in [-0.3, -0.25) is 20.0 Å². The fraction of sp³-hybridized carbons (Fsp3) is 0.545. The number of ether oxygens (including phenoxy) is 1. The summed E-state index contributed by atoms with van der Waals surface area (Å²) < 4.78 is 6.89. The standard InChI is InChI=1S/C11H15N5O4/c1-6-4-16(10(18)2-7(6)14-19)11-3-8(13-15-12)9(5-17)20-11/h2,4,8-9,11,14,17,19H,3,5H2,1H3/t8-,9+,11+/m1/s1. The van der Waals surface area contributed by atoms with Gasteiger partial charge in [-0.1, -0.05) is 5.11 Å². The molecule has 2 heterocycles. The second-order valence-electron chi connectivity index (χ2n) is 4.55. The van der Waals surface area contributed by atoms with Gasteiger partial charge in [0.1, 0.15) is 6.23 Å². The highest BCUT2D eigenvalue weighted by Crippen LogP contribution is 2.30. The fourth-order valence-electron chi connectivity index (χ4n) is 2.24. The number of rotatable bonds is 4. The summed E-state index contributed by atoms with van der Waals surface area (Å²) in [7, 11) is 0. The summed E-state index contributed by atoms with van der Waals surface area (Å²) in [5, 5.41) is 21.6. The summed E-state index contributed by atoms with van der Waals surface area (Å²) in [5.74, 6) is 0. The van der Waals surface area contributed by atoms with E-state index in [0.717, 1.165) is 0 Å². The molecular weight excluding hydrogens is 266 g/mol. The zero-order valence-electron chi connectivity index (χ0n) is 10.8. The fourth-order valence-corrected chi connectivity index (χ4v) is 2.24. The van der Waals surface area contributed by atoms with E-state index in [1.54, 1.807) is 13.1 Å². The molecule has 2 rings (SSSR count). The number of azide groups is 1. The smallest absolute Gasteiger partial charge is 0.254 e. The van der Waals surface area contributed by atoms with Gasteiger partial charge in [-0.05, 0) is 18.0 Å². The van der Waals surface area contributed by atoms with Gasteiger partial charge in [0.25, 0.3) is 5.56 Å². The van der Waals surface area contributed by atoms with Crippen molar-refractivity contribution in [1.82, 2.24) is 4.57 Å². The van der Waals surface area contributed by atoms with Crippen molar-refractivity contribution in [2.24, 2.45) is 5.11 Å². The van der Waals surface area contributed by atoms with Crippen LogP contribution >= 0.6 is 0 Å². The van der Waals surface area contributed by atoms with Gasteiger partial charge in [0.15, 0.2) is 0 Å². The van der Waals surface area contributed by atoms with Crippen molar-refractivity contribution in [3.8, 4) is 0 Å². The maximum atomic E-state index is 12.0. The molecule has 3 N–H and O–H groups in total.